The van der Waals surface area contributed by atoms with Crippen LogP contribution < -0.4 is 14.4 Å². The van der Waals surface area contributed by atoms with Gasteiger partial charge in [0.05, 0.1) is 6.61 Å². The summed E-state index contributed by atoms with van der Waals surface area (Å²) in [7, 11) is 1.62. The van der Waals surface area contributed by atoms with E-state index in [4.69, 9.17) is 14.2 Å². The van der Waals surface area contributed by atoms with Crippen molar-refractivity contribution < 1.29 is 19.0 Å². The number of fused-ring (bicyclic) bond motifs is 1. The van der Waals surface area contributed by atoms with E-state index in [0.717, 1.165) is 17.0 Å². The molecule has 1 aliphatic rings. The molecule has 1 heterocycles. The Morgan fingerprint density at radius 1 is 1.17 bits per heavy atom. The zero-order chi connectivity index (χ0) is 16.8. The molecule has 0 N–H and O–H groups in total. The Morgan fingerprint density at radius 2 is 1.96 bits per heavy atom. The van der Waals surface area contributed by atoms with Crippen molar-refractivity contribution in [1.29, 1.82) is 0 Å². The average molecular weight is 325 g/mol. The van der Waals surface area contributed by atoms with E-state index < -0.39 is 0 Å². The van der Waals surface area contributed by atoms with Gasteiger partial charge in [-0.15, -0.1) is 0 Å². The van der Waals surface area contributed by atoms with Crippen molar-refractivity contribution >= 4 is 17.7 Å². The third kappa shape index (κ3) is 3.75. The maximum Gasteiger partial charge on any atom is 0.251 e. The molecule has 0 aliphatic carbocycles. The molecule has 0 saturated heterocycles. The first-order valence-corrected chi connectivity index (χ1v) is 7.71. The second-order valence-corrected chi connectivity index (χ2v) is 5.26. The lowest BCUT2D eigenvalue weighted by molar-refractivity contribution is -0.114. The number of amides is 1. The number of hydrogen-bond acceptors (Lipinski definition) is 4. The largest absolute Gasteiger partial charge is 0.454 e. The zero-order valence-corrected chi connectivity index (χ0v) is 13.5. The Labute approximate surface area is 141 Å². The van der Waals surface area contributed by atoms with Crippen LogP contribution in [-0.2, 0) is 9.53 Å². The topological polar surface area (TPSA) is 48.0 Å². The van der Waals surface area contributed by atoms with Gasteiger partial charge in [-0.05, 0) is 35.9 Å². The SMILES string of the molecule is COCCN(C(=O)C=Cc1ccc2c(c1)OCO2)c1ccccc1. The fraction of sp³-hybridized carbons (Fsp3) is 0.211. The Morgan fingerprint density at radius 3 is 2.75 bits per heavy atom. The summed E-state index contributed by atoms with van der Waals surface area (Å²) in [4.78, 5) is 14.3. The Hall–Kier alpha value is -2.79. The first-order valence-electron chi connectivity index (χ1n) is 7.71. The van der Waals surface area contributed by atoms with E-state index in [-0.39, 0.29) is 12.7 Å². The molecule has 0 atom stereocenters. The molecule has 0 fully saturated rings. The summed E-state index contributed by atoms with van der Waals surface area (Å²) < 4.78 is 15.7. The molecule has 0 radical (unpaired) electrons. The smallest absolute Gasteiger partial charge is 0.251 e. The molecule has 24 heavy (non-hydrogen) atoms. The maximum atomic E-state index is 12.6. The molecule has 1 aliphatic heterocycles. The van der Waals surface area contributed by atoms with Crippen LogP contribution >= 0.6 is 0 Å². The highest BCUT2D eigenvalue weighted by atomic mass is 16.7. The number of nitrogens with zero attached hydrogens (tertiary/aromatic N) is 1. The lowest BCUT2D eigenvalue weighted by Crippen LogP contribution is -2.32. The van der Waals surface area contributed by atoms with Gasteiger partial charge in [0.2, 0.25) is 6.79 Å². The second-order valence-electron chi connectivity index (χ2n) is 5.26. The number of benzene rings is 2. The van der Waals surface area contributed by atoms with Crippen LogP contribution in [0.25, 0.3) is 6.08 Å². The third-order valence-corrected chi connectivity index (χ3v) is 3.67. The molecular weight excluding hydrogens is 306 g/mol. The molecule has 3 rings (SSSR count). The van der Waals surface area contributed by atoms with E-state index in [0.29, 0.717) is 18.9 Å². The molecule has 0 saturated carbocycles. The molecular formula is C19H19NO4. The van der Waals surface area contributed by atoms with Crippen LogP contribution in [0.15, 0.2) is 54.6 Å². The minimum atomic E-state index is -0.101. The monoisotopic (exact) mass is 325 g/mol. The van der Waals surface area contributed by atoms with Gasteiger partial charge in [-0.3, -0.25) is 4.79 Å². The van der Waals surface area contributed by atoms with Crippen LogP contribution in [0.1, 0.15) is 5.56 Å². The fourth-order valence-electron chi connectivity index (χ4n) is 2.43. The zero-order valence-electron chi connectivity index (χ0n) is 13.5. The molecule has 0 aromatic heterocycles. The number of carbonyl (C=O) groups is 1. The van der Waals surface area contributed by atoms with E-state index in [1.807, 2.05) is 48.5 Å². The Bertz CT molecular complexity index is 727. The number of anilines is 1. The van der Waals surface area contributed by atoms with Crippen molar-refractivity contribution in [3.05, 3.63) is 60.2 Å². The molecule has 0 spiro atoms. The van der Waals surface area contributed by atoms with Crippen molar-refractivity contribution in [1.82, 2.24) is 0 Å². The lowest BCUT2D eigenvalue weighted by atomic mass is 10.2. The van der Waals surface area contributed by atoms with Gasteiger partial charge in [-0.25, -0.2) is 0 Å². The number of rotatable bonds is 6. The van der Waals surface area contributed by atoms with Crippen molar-refractivity contribution in [3.8, 4) is 11.5 Å². The predicted octanol–water partition coefficient (Wildman–Crippen LogP) is 3.11. The molecule has 2 aromatic carbocycles. The van der Waals surface area contributed by atoms with E-state index in [2.05, 4.69) is 0 Å². The molecule has 5 heteroatoms. The summed E-state index contributed by atoms with van der Waals surface area (Å²) in [6.07, 6.45) is 3.33. The van der Waals surface area contributed by atoms with E-state index >= 15 is 0 Å². The van der Waals surface area contributed by atoms with Gasteiger partial charge < -0.3 is 19.1 Å². The maximum absolute atomic E-state index is 12.6. The van der Waals surface area contributed by atoms with Gasteiger partial charge >= 0.3 is 0 Å². The van der Waals surface area contributed by atoms with E-state index in [9.17, 15) is 4.79 Å². The molecule has 124 valence electrons. The summed E-state index contributed by atoms with van der Waals surface area (Å²) >= 11 is 0. The van der Waals surface area contributed by atoms with Crippen molar-refractivity contribution in [2.45, 2.75) is 0 Å². The van der Waals surface area contributed by atoms with Gasteiger partial charge in [0.25, 0.3) is 5.91 Å². The number of ether oxygens (including phenoxy) is 3. The second kappa shape index (κ2) is 7.66. The van der Waals surface area contributed by atoms with Crippen LogP contribution in [-0.4, -0.2) is 33.0 Å². The van der Waals surface area contributed by atoms with Crippen LogP contribution in [0.3, 0.4) is 0 Å². The van der Waals surface area contributed by atoms with Crippen molar-refractivity contribution in [3.63, 3.8) is 0 Å². The first-order chi connectivity index (χ1) is 11.8. The highest BCUT2D eigenvalue weighted by Gasteiger charge is 2.14. The third-order valence-electron chi connectivity index (χ3n) is 3.67. The van der Waals surface area contributed by atoms with Crippen molar-refractivity contribution in [2.75, 3.05) is 32.0 Å². The molecule has 0 bridgehead atoms. The highest BCUT2D eigenvalue weighted by Crippen LogP contribution is 2.32. The minimum Gasteiger partial charge on any atom is -0.454 e. The van der Waals surface area contributed by atoms with Gasteiger partial charge in [0.1, 0.15) is 0 Å². The first kappa shape index (κ1) is 16.1. The van der Waals surface area contributed by atoms with E-state index in [1.165, 1.54) is 0 Å². The number of para-hydroxylation sites is 1. The quantitative estimate of drug-likeness (QED) is 0.766. The van der Waals surface area contributed by atoms with Crippen LogP contribution in [0, 0.1) is 0 Å². The average Bonchev–Trinajstić information content (AvgIpc) is 3.09. The summed E-state index contributed by atoms with van der Waals surface area (Å²) in [5.74, 6) is 1.32. The summed E-state index contributed by atoms with van der Waals surface area (Å²) in [5, 5.41) is 0. The standard InChI is InChI=1S/C19H19NO4/c1-22-12-11-20(16-5-3-2-4-6-16)19(21)10-8-15-7-9-17-18(13-15)24-14-23-17/h2-10,13H,11-12,14H2,1H3. The van der Waals surface area contributed by atoms with Crippen LogP contribution in [0.2, 0.25) is 0 Å². The molecule has 0 unspecified atom stereocenters. The highest BCUT2D eigenvalue weighted by molar-refractivity contribution is 6.03. The number of methoxy groups -OCH3 is 1. The van der Waals surface area contributed by atoms with Gasteiger partial charge in [-0.2, -0.15) is 0 Å². The minimum absolute atomic E-state index is 0.101. The normalized spacial score (nSPS) is 12.5. The van der Waals surface area contributed by atoms with Crippen molar-refractivity contribution in [2.24, 2.45) is 0 Å². The number of carbonyl (C=O) groups excluding carboxylic acids is 1. The summed E-state index contributed by atoms with van der Waals surface area (Å²) in [6, 6.07) is 15.1. The lowest BCUT2D eigenvalue weighted by Gasteiger charge is -2.20. The van der Waals surface area contributed by atoms with Gasteiger partial charge in [0, 0.05) is 25.4 Å². The molecule has 1 amide bonds. The summed E-state index contributed by atoms with van der Waals surface area (Å²) in [6.45, 7) is 1.20. The Balaban J connectivity index is 1.75. The Kier molecular flexibility index (Phi) is 5.13. The van der Waals surface area contributed by atoms with Gasteiger partial charge in [0.15, 0.2) is 11.5 Å². The number of hydrogen-bond donors (Lipinski definition) is 0. The molecule has 5 nitrogen and oxygen atoms in total. The summed E-state index contributed by atoms with van der Waals surface area (Å²) in [5.41, 5.74) is 1.72. The predicted molar refractivity (Wildman–Crippen MR) is 92.3 cm³/mol. The van der Waals surface area contributed by atoms with Crippen LogP contribution in [0.5, 0.6) is 11.5 Å². The molecule has 2 aromatic rings. The van der Waals surface area contributed by atoms with E-state index in [1.54, 1.807) is 24.2 Å². The van der Waals surface area contributed by atoms with Gasteiger partial charge in [-0.1, -0.05) is 24.3 Å². The fourth-order valence-corrected chi connectivity index (χ4v) is 2.43. The van der Waals surface area contributed by atoms with Crippen LogP contribution in [0.4, 0.5) is 5.69 Å².